The minimum atomic E-state index is -1.14. The van der Waals surface area contributed by atoms with Gasteiger partial charge in [0.2, 0.25) is 0 Å². The molecule has 0 aliphatic carbocycles. The molecule has 0 spiro atoms. The van der Waals surface area contributed by atoms with Gasteiger partial charge in [-0.3, -0.25) is 9.59 Å². The molecule has 6 N–H and O–H groups in total. The highest BCUT2D eigenvalue weighted by molar-refractivity contribution is 6.30. The van der Waals surface area contributed by atoms with Gasteiger partial charge in [-0.25, -0.2) is 4.98 Å². The highest BCUT2D eigenvalue weighted by Gasteiger charge is 2.28. The third-order valence-corrected chi connectivity index (χ3v) is 4.90. The zero-order valence-electron chi connectivity index (χ0n) is 17.5. The van der Waals surface area contributed by atoms with Crippen LogP contribution in [0.15, 0.2) is 42.7 Å². The summed E-state index contributed by atoms with van der Waals surface area (Å²) in [5, 5.41) is 25.5. The molecule has 8 nitrogen and oxygen atoms in total. The molecule has 0 bridgehead atoms. The van der Waals surface area contributed by atoms with Crippen molar-refractivity contribution in [3.8, 4) is 5.75 Å². The van der Waals surface area contributed by atoms with E-state index in [-0.39, 0.29) is 18.0 Å². The molecule has 166 valence electrons. The van der Waals surface area contributed by atoms with E-state index in [4.69, 9.17) is 22.4 Å². The maximum Gasteiger partial charge on any atom is 0.310 e. The number of nitrogens with one attached hydrogen (secondary N) is 2. The minimum Gasteiger partial charge on any atom is -0.505 e. The topological polar surface area (TPSA) is 138 Å². The van der Waals surface area contributed by atoms with Gasteiger partial charge in [0.25, 0.3) is 5.91 Å². The fraction of sp³-hybridized carbons (Fsp3) is 0.318. The number of carbonyl (C=O) groups is 2. The Morgan fingerprint density at radius 3 is 2.55 bits per heavy atom. The number of aliphatic carboxylic acids is 1. The van der Waals surface area contributed by atoms with Gasteiger partial charge in [-0.15, -0.1) is 0 Å². The number of carbonyl (C=O) groups excluding carboxylic acids is 1. The number of carboxylic acids is 1. The number of aryl methyl sites for hydroxylation is 1. The summed E-state index contributed by atoms with van der Waals surface area (Å²) in [7, 11) is 0. The Balaban J connectivity index is 1.88. The molecule has 1 aromatic heterocycles. The molecule has 0 fully saturated rings. The largest absolute Gasteiger partial charge is 0.505 e. The first-order valence-electron chi connectivity index (χ1n) is 9.74. The third kappa shape index (κ3) is 7.18. The van der Waals surface area contributed by atoms with Crippen molar-refractivity contribution in [1.82, 2.24) is 15.6 Å². The Kier molecular flexibility index (Phi) is 8.27. The molecule has 0 atom stereocenters. The van der Waals surface area contributed by atoms with E-state index in [2.05, 4.69) is 15.6 Å². The Morgan fingerprint density at radius 2 is 1.94 bits per heavy atom. The van der Waals surface area contributed by atoms with E-state index >= 15 is 0 Å². The van der Waals surface area contributed by atoms with E-state index < -0.39 is 17.3 Å². The van der Waals surface area contributed by atoms with Crippen LogP contribution in [-0.2, 0) is 11.2 Å². The Bertz CT molecular complexity index is 958. The van der Waals surface area contributed by atoms with Crippen molar-refractivity contribution in [2.24, 2.45) is 11.1 Å². The van der Waals surface area contributed by atoms with Gasteiger partial charge >= 0.3 is 5.97 Å². The number of benzene rings is 1. The number of nitrogens with zero attached hydrogens (tertiary/aromatic N) is 1. The second-order valence-corrected chi connectivity index (χ2v) is 8.18. The number of amides is 1. The van der Waals surface area contributed by atoms with Crippen LogP contribution in [0.4, 0.5) is 0 Å². The molecular weight excluding hydrogens is 420 g/mol. The summed E-state index contributed by atoms with van der Waals surface area (Å²) in [6.07, 6.45) is 4.77. The van der Waals surface area contributed by atoms with Crippen molar-refractivity contribution in [3.63, 3.8) is 0 Å². The summed E-state index contributed by atoms with van der Waals surface area (Å²) in [5.74, 6) is -2.05. The van der Waals surface area contributed by atoms with Gasteiger partial charge in [0.15, 0.2) is 5.69 Å². The Morgan fingerprint density at radius 1 is 1.26 bits per heavy atom. The van der Waals surface area contributed by atoms with Crippen LogP contribution in [0.25, 0.3) is 5.70 Å². The molecule has 2 aromatic rings. The van der Waals surface area contributed by atoms with Crippen molar-refractivity contribution >= 4 is 29.2 Å². The monoisotopic (exact) mass is 446 g/mol. The highest BCUT2D eigenvalue weighted by atomic mass is 35.5. The second-order valence-electron chi connectivity index (χ2n) is 7.75. The van der Waals surface area contributed by atoms with Crippen LogP contribution >= 0.6 is 11.6 Å². The number of carboxylic acid groups (broad SMARTS) is 1. The van der Waals surface area contributed by atoms with Crippen LogP contribution in [0, 0.1) is 5.41 Å². The predicted octanol–water partition coefficient (Wildman–Crippen LogP) is 2.76. The zero-order valence-corrected chi connectivity index (χ0v) is 18.2. The SMILES string of the molecule is CC(C)(CNC(=O)c1ncc(/C(N)=C/NCCCc2ccc(Cl)cc2)cc1O)C(=O)O. The minimum absolute atomic E-state index is 0.105. The first-order valence-corrected chi connectivity index (χ1v) is 10.1. The second kappa shape index (κ2) is 10.7. The van der Waals surface area contributed by atoms with Crippen LogP contribution in [0.2, 0.25) is 5.02 Å². The fourth-order valence-electron chi connectivity index (χ4n) is 2.56. The number of rotatable bonds is 10. The third-order valence-electron chi connectivity index (χ3n) is 4.64. The van der Waals surface area contributed by atoms with Gasteiger partial charge in [-0.05, 0) is 50.5 Å². The van der Waals surface area contributed by atoms with Gasteiger partial charge in [0.1, 0.15) is 5.75 Å². The van der Waals surface area contributed by atoms with E-state index in [0.29, 0.717) is 22.8 Å². The normalized spacial score (nSPS) is 11.8. The number of hydrogen-bond donors (Lipinski definition) is 5. The smallest absolute Gasteiger partial charge is 0.310 e. The van der Waals surface area contributed by atoms with Crippen molar-refractivity contribution in [3.05, 3.63) is 64.6 Å². The van der Waals surface area contributed by atoms with Gasteiger partial charge in [0, 0.05) is 36.1 Å². The van der Waals surface area contributed by atoms with Gasteiger partial charge in [-0.1, -0.05) is 23.7 Å². The molecule has 9 heteroatoms. The number of pyridine rings is 1. The van der Waals surface area contributed by atoms with Gasteiger partial charge in [0.05, 0.1) is 11.1 Å². The lowest BCUT2D eigenvalue weighted by atomic mass is 9.94. The van der Waals surface area contributed by atoms with Gasteiger partial charge in [-0.2, -0.15) is 0 Å². The van der Waals surface area contributed by atoms with E-state index in [9.17, 15) is 14.7 Å². The molecule has 0 aliphatic rings. The lowest BCUT2D eigenvalue weighted by molar-refractivity contribution is -0.146. The summed E-state index contributed by atoms with van der Waals surface area (Å²) in [6.45, 7) is 3.56. The van der Waals surface area contributed by atoms with Crippen LogP contribution in [0.1, 0.15) is 41.9 Å². The summed E-state index contributed by atoms with van der Waals surface area (Å²) < 4.78 is 0. The van der Waals surface area contributed by atoms with Crippen molar-refractivity contribution in [2.75, 3.05) is 13.1 Å². The first-order chi connectivity index (χ1) is 14.6. The van der Waals surface area contributed by atoms with Crippen LogP contribution in [0.5, 0.6) is 5.75 Å². The zero-order chi connectivity index (χ0) is 23.0. The Labute approximate surface area is 186 Å². The van der Waals surface area contributed by atoms with E-state index in [0.717, 1.165) is 12.8 Å². The molecule has 0 radical (unpaired) electrons. The molecule has 0 aliphatic heterocycles. The highest BCUT2D eigenvalue weighted by Crippen LogP contribution is 2.20. The van der Waals surface area contributed by atoms with Crippen molar-refractivity contribution in [2.45, 2.75) is 26.7 Å². The summed E-state index contributed by atoms with van der Waals surface area (Å²) >= 11 is 5.87. The molecule has 1 aromatic carbocycles. The van der Waals surface area contributed by atoms with E-state index in [1.54, 1.807) is 6.20 Å². The quantitative estimate of drug-likeness (QED) is 0.354. The number of aromatic hydroxyl groups is 1. The molecule has 2 rings (SSSR count). The first kappa shape index (κ1) is 24.0. The molecule has 1 heterocycles. The summed E-state index contributed by atoms with van der Waals surface area (Å²) in [4.78, 5) is 27.3. The average molecular weight is 447 g/mol. The lowest BCUT2D eigenvalue weighted by Crippen LogP contribution is -2.39. The summed E-state index contributed by atoms with van der Waals surface area (Å²) in [5.41, 5.74) is 6.67. The molecular formula is C22H27ClN4O4. The number of aromatic nitrogens is 1. The van der Waals surface area contributed by atoms with E-state index in [1.807, 2.05) is 24.3 Å². The summed E-state index contributed by atoms with van der Waals surface area (Å²) in [6, 6.07) is 9.03. The number of nitrogens with two attached hydrogens (primary N) is 1. The molecule has 0 saturated heterocycles. The molecule has 0 unspecified atom stereocenters. The Hall–Kier alpha value is -3.26. The fourth-order valence-corrected chi connectivity index (χ4v) is 2.68. The number of halogens is 1. The standard InChI is InChI=1S/C22H27ClN4O4/c1-22(2,21(30)31)13-27-20(29)19-18(28)10-15(11-26-19)17(24)12-25-9-3-4-14-5-7-16(23)8-6-14/h5-8,10-12,25,28H,3-4,9,13,24H2,1-2H3,(H,27,29)(H,30,31)/b17-12-. The maximum absolute atomic E-state index is 12.2. The van der Waals surface area contributed by atoms with Crippen molar-refractivity contribution < 1.29 is 19.8 Å². The maximum atomic E-state index is 12.2. The molecule has 1 amide bonds. The van der Waals surface area contributed by atoms with Gasteiger partial charge < -0.3 is 26.6 Å². The number of hydrogen-bond acceptors (Lipinski definition) is 6. The van der Waals surface area contributed by atoms with Crippen LogP contribution < -0.4 is 16.4 Å². The van der Waals surface area contributed by atoms with Crippen LogP contribution in [-0.4, -0.2) is 40.2 Å². The van der Waals surface area contributed by atoms with Crippen molar-refractivity contribution in [1.29, 1.82) is 0 Å². The molecule has 31 heavy (non-hydrogen) atoms. The predicted molar refractivity (Wildman–Crippen MR) is 120 cm³/mol. The van der Waals surface area contributed by atoms with E-state index in [1.165, 1.54) is 31.7 Å². The van der Waals surface area contributed by atoms with Crippen LogP contribution in [0.3, 0.4) is 0 Å². The lowest BCUT2D eigenvalue weighted by Gasteiger charge is -2.19. The molecule has 0 saturated carbocycles. The average Bonchev–Trinajstić information content (AvgIpc) is 2.72.